The summed E-state index contributed by atoms with van der Waals surface area (Å²) in [5.74, 6) is 2.76. The predicted octanol–water partition coefficient (Wildman–Crippen LogP) is 6.01. The fourth-order valence-electron chi connectivity index (χ4n) is 5.86. The van der Waals surface area contributed by atoms with E-state index >= 15 is 0 Å². The first-order valence-corrected chi connectivity index (χ1v) is 9.13. The zero-order valence-corrected chi connectivity index (χ0v) is 14.0. The number of aromatic nitrogens is 1. The van der Waals surface area contributed by atoms with Crippen LogP contribution in [0.1, 0.15) is 44.2 Å². The number of hydrogen-bond donors (Lipinski definition) is 0. The highest BCUT2D eigenvalue weighted by Crippen LogP contribution is 2.60. The second kappa shape index (κ2) is 4.61. The van der Waals surface area contributed by atoms with Gasteiger partial charge in [0.1, 0.15) is 0 Å². The zero-order valence-electron chi connectivity index (χ0n) is 12.5. The molecule has 4 saturated carbocycles. The Morgan fingerprint density at radius 2 is 1.55 bits per heavy atom. The highest BCUT2D eigenvalue weighted by Gasteiger charge is 2.52. The number of hydrogen-bond acceptors (Lipinski definition) is 1. The molecule has 22 heavy (non-hydrogen) atoms. The minimum atomic E-state index is 0.287. The van der Waals surface area contributed by atoms with Crippen LogP contribution in [0, 0.1) is 17.8 Å². The molecule has 0 atom stereocenters. The van der Waals surface area contributed by atoms with Gasteiger partial charge in [0.25, 0.3) is 0 Å². The molecule has 114 valence electrons. The molecule has 2 aromatic rings. The Labute approximate surface area is 141 Å². The normalized spacial score (nSPS) is 36.2. The largest absolute Gasteiger partial charge is 0.252 e. The van der Waals surface area contributed by atoms with Crippen molar-refractivity contribution in [3.63, 3.8) is 0 Å². The molecule has 0 spiro atoms. The summed E-state index contributed by atoms with van der Waals surface area (Å²) >= 11 is 12.7. The Balaban J connectivity index is 1.67. The molecule has 3 heteroatoms. The van der Waals surface area contributed by atoms with E-state index in [0.29, 0.717) is 0 Å². The summed E-state index contributed by atoms with van der Waals surface area (Å²) in [4.78, 5) is 5.02. The van der Waals surface area contributed by atoms with Gasteiger partial charge in [-0.1, -0.05) is 23.2 Å². The van der Waals surface area contributed by atoms with Gasteiger partial charge in [0.05, 0.1) is 10.5 Å². The average Bonchev–Trinajstić information content (AvgIpc) is 2.45. The maximum Gasteiger partial charge on any atom is 0.0735 e. The third kappa shape index (κ3) is 1.95. The molecule has 0 aliphatic heterocycles. The molecule has 1 aromatic heterocycles. The van der Waals surface area contributed by atoms with Gasteiger partial charge in [0, 0.05) is 21.5 Å². The topological polar surface area (TPSA) is 12.9 Å². The summed E-state index contributed by atoms with van der Waals surface area (Å²) in [5, 5.41) is 2.57. The smallest absolute Gasteiger partial charge is 0.0735 e. The second-order valence-electron chi connectivity index (χ2n) is 7.85. The summed E-state index contributed by atoms with van der Waals surface area (Å²) in [6, 6.07) is 7.97. The molecule has 0 saturated heterocycles. The number of fused-ring (bicyclic) bond motifs is 1. The Bertz CT molecular complexity index is 732. The molecule has 1 aromatic carbocycles. The molecule has 4 bridgehead atoms. The van der Waals surface area contributed by atoms with Gasteiger partial charge in [-0.05, 0) is 80.5 Å². The van der Waals surface area contributed by atoms with Crippen LogP contribution in [-0.2, 0) is 5.41 Å². The molecule has 4 aliphatic rings. The van der Waals surface area contributed by atoms with E-state index in [4.69, 9.17) is 28.2 Å². The highest BCUT2D eigenvalue weighted by atomic mass is 35.5. The van der Waals surface area contributed by atoms with Crippen LogP contribution in [0.15, 0.2) is 24.3 Å². The standard InChI is InChI=1S/C19H19Cl2N/c20-14-1-2-15-16(21)7-18(22-17(15)6-14)19-8-11-3-12(9-19)5-13(4-11)10-19/h1-2,6-7,11-13H,3-5,8-10H2. The van der Waals surface area contributed by atoms with E-state index in [1.54, 1.807) is 0 Å². The number of benzene rings is 1. The van der Waals surface area contributed by atoms with Crippen LogP contribution < -0.4 is 0 Å². The van der Waals surface area contributed by atoms with Crippen LogP contribution in [0.4, 0.5) is 0 Å². The third-order valence-electron chi connectivity index (χ3n) is 6.30. The van der Waals surface area contributed by atoms with Crippen LogP contribution in [0.3, 0.4) is 0 Å². The van der Waals surface area contributed by atoms with Crippen molar-refractivity contribution in [2.24, 2.45) is 17.8 Å². The molecule has 4 aliphatic carbocycles. The lowest BCUT2D eigenvalue weighted by Gasteiger charge is -2.56. The highest BCUT2D eigenvalue weighted by molar-refractivity contribution is 6.36. The first-order valence-electron chi connectivity index (χ1n) is 8.38. The summed E-state index contributed by atoms with van der Waals surface area (Å²) < 4.78 is 0. The van der Waals surface area contributed by atoms with Crippen LogP contribution >= 0.6 is 23.2 Å². The van der Waals surface area contributed by atoms with Crippen LogP contribution in [0.5, 0.6) is 0 Å². The van der Waals surface area contributed by atoms with Gasteiger partial charge in [-0.3, -0.25) is 4.98 Å². The molecule has 1 heterocycles. The van der Waals surface area contributed by atoms with Crippen LogP contribution in [0.2, 0.25) is 10.0 Å². The monoisotopic (exact) mass is 331 g/mol. The van der Waals surface area contributed by atoms with E-state index in [1.807, 2.05) is 18.2 Å². The minimum Gasteiger partial charge on any atom is -0.252 e. The fourth-order valence-corrected chi connectivity index (χ4v) is 6.28. The first kappa shape index (κ1) is 13.6. The van der Waals surface area contributed by atoms with Crippen molar-refractivity contribution in [2.45, 2.75) is 43.9 Å². The van der Waals surface area contributed by atoms with Crippen molar-refractivity contribution < 1.29 is 0 Å². The number of nitrogens with zero attached hydrogens (tertiary/aromatic N) is 1. The van der Waals surface area contributed by atoms with Crippen molar-refractivity contribution in [1.29, 1.82) is 0 Å². The molecule has 0 radical (unpaired) electrons. The zero-order chi connectivity index (χ0) is 14.9. The molecule has 0 N–H and O–H groups in total. The number of halogens is 2. The van der Waals surface area contributed by atoms with E-state index in [9.17, 15) is 0 Å². The van der Waals surface area contributed by atoms with E-state index < -0.39 is 0 Å². The maximum atomic E-state index is 6.57. The van der Waals surface area contributed by atoms with Gasteiger partial charge in [-0.15, -0.1) is 0 Å². The lowest BCUT2D eigenvalue weighted by molar-refractivity contribution is -0.00705. The van der Waals surface area contributed by atoms with E-state index in [-0.39, 0.29) is 5.41 Å². The van der Waals surface area contributed by atoms with Crippen molar-refractivity contribution in [3.8, 4) is 0 Å². The Morgan fingerprint density at radius 3 is 2.18 bits per heavy atom. The summed E-state index contributed by atoms with van der Waals surface area (Å²) in [6.45, 7) is 0. The average molecular weight is 332 g/mol. The van der Waals surface area contributed by atoms with Gasteiger partial charge < -0.3 is 0 Å². The molecule has 0 amide bonds. The molecular weight excluding hydrogens is 313 g/mol. The number of rotatable bonds is 1. The van der Waals surface area contributed by atoms with Gasteiger partial charge in [0.2, 0.25) is 0 Å². The van der Waals surface area contributed by atoms with E-state index in [1.165, 1.54) is 44.2 Å². The lowest BCUT2D eigenvalue weighted by Crippen LogP contribution is -2.48. The summed E-state index contributed by atoms with van der Waals surface area (Å²) in [7, 11) is 0. The van der Waals surface area contributed by atoms with E-state index in [0.717, 1.165) is 38.7 Å². The first-order chi connectivity index (χ1) is 10.6. The molecule has 4 fully saturated rings. The van der Waals surface area contributed by atoms with Gasteiger partial charge in [-0.25, -0.2) is 0 Å². The molecule has 0 unspecified atom stereocenters. The maximum absolute atomic E-state index is 6.57. The van der Waals surface area contributed by atoms with Crippen molar-refractivity contribution in [3.05, 3.63) is 40.0 Å². The van der Waals surface area contributed by atoms with Crippen molar-refractivity contribution >= 4 is 34.1 Å². The van der Waals surface area contributed by atoms with Crippen LogP contribution in [-0.4, -0.2) is 4.98 Å². The molecule has 1 nitrogen and oxygen atoms in total. The minimum absolute atomic E-state index is 0.287. The Morgan fingerprint density at radius 1 is 0.909 bits per heavy atom. The molecular formula is C19H19Cl2N. The quantitative estimate of drug-likeness (QED) is 0.623. The van der Waals surface area contributed by atoms with Crippen molar-refractivity contribution in [2.75, 3.05) is 0 Å². The van der Waals surface area contributed by atoms with Gasteiger partial charge in [0.15, 0.2) is 0 Å². The summed E-state index contributed by atoms with van der Waals surface area (Å²) in [6.07, 6.45) is 8.29. The number of pyridine rings is 1. The Hall–Kier alpha value is -0.790. The van der Waals surface area contributed by atoms with Gasteiger partial charge >= 0.3 is 0 Å². The van der Waals surface area contributed by atoms with Crippen molar-refractivity contribution in [1.82, 2.24) is 4.98 Å². The predicted molar refractivity (Wildman–Crippen MR) is 91.6 cm³/mol. The summed E-state index contributed by atoms with van der Waals surface area (Å²) in [5.41, 5.74) is 2.46. The van der Waals surface area contributed by atoms with Gasteiger partial charge in [-0.2, -0.15) is 0 Å². The second-order valence-corrected chi connectivity index (χ2v) is 8.69. The molecule has 6 rings (SSSR count). The lowest BCUT2D eigenvalue weighted by atomic mass is 9.49. The fraction of sp³-hybridized carbons (Fsp3) is 0.526. The SMILES string of the molecule is Clc1ccc2c(Cl)cc(C34CC5CC(CC(C5)C3)C4)nc2c1. The van der Waals surface area contributed by atoms with E-state index in [2.05, 4.69) is 6.07 Å². The Kier molecular flexibility index (Phi) is 2.86. The third-order valence-corrected chi connectivity index (χ3v) is 6.85. The van der Waals surface area contributed by atoms with Crippen LogP contribution in [0.25, 0.3) is 10.9 Å².